The van der Waals surface area contributed by atoms with E-state index >= 15 is 0 Å². The van der Waals surface area contributed by atoms with Crippen LogP contribution < -0.4 is 0 Å². The first-order chi connectivity index (χ1) is 11.7. The summed E-state index contributed by atoms with van der Waals surface area (Å²) in [4.78, 5) is 12.9. The third-order valence-corrected chi connectivity index (χ3v) is 5.29. The molecule has 4 atom stereocenters. The van der Waals surface area contributed by atoms with Crippen LogP contribution in [0.25, 0.3) is 0 Å². The Kier molecular flexibility index (Phi) is 6.07. The SMILES string of the molecule is [CH2]CCC(CC(=O)[C]1OC2CCC1CC2OCC)c1ccccc1. The van der Waals surface area contributed by atoms with Crippen LogP contribution in [0.4, 0.5) is 0 Å². The number of hydrogen-bond acceptors (Lipinski definition) is 3. The van der Waals surface area contributed by atoms with Crippen LogP contribution in [0.15, 0.2) is 30.3 Å². The summed E-state index contributed by atoms with van der Waals surface area (Å²) >= 11 is 0. The maximum Gasteiger partial charge on any atom is 0.169 e. The van der Waals surface area contributed by atoms with Gasteiger partial charge in [-0.15, -0.1) is 0 Å². The Hall–Kier alpha value is -1.19. The molecule has 2 radical (unpaired) electrons. The van der Waals surface area contributed by atoms with Crippen LogP contribution in [-0.4, -0.2) is 24.6 Å². The van der Waals surface area contributed by atoms with E-state index in [0.717, 1.165) is 32.1 Å². The van der Waals surface area contributed by atoms with E-state index in [-0.39, 0.29) is 29.8 Å². The van der Waals surface area contributed by atoms with E-state index in [0.29, 0.717) is 19.1 Å². The Morgan fingerprint density at radius 3 is 2.75 bits per heavy atom. The van der Waals surface area contributed by atoms with Gasteiger partial charge in [-0.2, -0.15) is 0 Å². The van der Waals surface area contributed by atoms with Crippen LogP contribution in [0.2, 0.25) is 0 Å². The van der Waals surface area contributed by atoms with E-state index in [2.05, 4.69) is 19.1 Å². The predicted octanol–water partition coefficient (Wildman–Crippen LogP) is 4.48. The van der Waals surface area contributed by atoms with Gasteiger partial charge in [-0.1, -0.05) is 43.7 Å². The average molecular weight is 328 g/mol. The van der Waals surface area contributed by atoms with E-state index in [4.69, 9.17) is 9.47 Å². The second-order valence-corrected chi connectivity index (χ2v) is 6.90. The number of Topliss-reactive ketones (excluding diaryl/α,β-unsaturated/α-hetero) is 1. The van der Waals surface area contributed by atoms with Crippen LogP contribution in [0.5, 0.6) is 0 Å². The Morgan fingerprint density at radius 2 is 2.12 bits per heavy atom. The number of hydrogen-bond donors (Lipinski definition) is 0. The minimum Gasteiger partial charge on any atom is -0.376 e. The van der Waals surface area contributed by atoms with E-state index in [9.17, 15) is 4.79 Å². The summed E-state index contributed by atoms with van der Waals surface area (Å²) in [7, 11) is 0. The summed E-state index contributed by atoms with van der Waals surface area (Å²) in [6.45, 7) is 6.70. The molecule has 130 valence electrons. The maximum atomic E-state index is 12.9. The van der Waals surface area contributed by atoms with Crippen molar-refractivity contribution in [1.82, 2.24) is 0 Å². The van der Waals surface area contributed by atoms with Crippen molar-refractivity contribution in [3.63, 3.8) is 0 Å². The highest BCUT2D eigenvalue weighted by Crippen LogP contribution is 2.44. The molecule has 0 aromatic heterocycles. The molecule has 3 fully saturated rings. The smallest absolute Gasteiger partial charge is 0.169 e. The summed E-state index contributed by atoms with van der Waals surface area (Å²) in [5, 5.41) is 0. The lowest BCUT2D eigenvalue weighted by atomic mass is 9.75. The number of carbonyl (C=O) groups excluding carboxylic acids is 1. The maximum absolute atomic E-state index is 12.9. The van der Waals surface area contributed by atoms with E-state index in [1.54, 1.807) is 0 Å². The van der Waals surface area contributed by atoms with Gasteiger partial charge >= 0.3 is 0 Å². The van der Waals surface area contributed by atoms with Gasteiger partial charge in [0.2, 0.25) is 0 Å². The standard InChI is InChI=1S/C21H28O3/c1-3-8-16(15-9-6-5-7-10-15)13-18(22)21-17-11-12-19(24-21)20(14-17)23-4-2/h5-7,9-10,16-17,19-20H,1,3-4,8,11-14H2,2H3. The monoisotopic (exact) mass is 328 g/mol. The van der Waals surface area contributed by atoms with Gasteiger partial charge in [-0.25, -0.2) is 0 Å². The molecule has 1 aromatic rings. The molecule has 1 saturated carbocycles. The average Bonchev–Trinajstić information content (AvgIpc) is 2.63. The highest BCUT2D eigenvalue weighted by atomic mass is 16.6. The van der Waals surface area contributed by atoms with Gasteiger partial charge in [0.05, 0.1) is 12.2 Å². The van der Waals surface area contributed by atoms with Crippen LogP contribution in [-0.2, 0) is 14.3 Å². The molecule has 3 aliphatic rings. The zero-order valence-corrected chi connectivity index (χ0v) is 14.6. The highest BCUT2D eigenvalue weighted by Gasteiger charge is 2.46. The number of ketones is 1. The zero-order chi connectivity index (χ0) is 16.9. The van der Waals surface area contributed by atoms with Gasteiger partial charge in [-0.3, -0.25) is 4.79 Å². The Balaban J connectivity index is 1.64. The summed E-state index contributed by atoms with van der Waals surface area (Å²) in [6, 6.07) is 10.3. The lowest BCUT2D eigenvalue weighted by Gasteiger charge is -2.45. The summed E-state index contributed by atoms with van der Waals surface area (Å²) in [5.74, 6) is 0.660. The number of carbonyl (C=O) groups is 1. The molecular formula is C21H28O3. The van der Waals surface area contributed by atoms with Gasteiger partial charge < -0.3 is 9.47 Å². The van der Waals surface area contributed by atoms with Gasteiger partial charge in [-0.05, 0) is 44.1 Å². The first-order valence-corrected chi connectivity index (χ1v) is 9.25. The number of ether oxygens (including phenoxy) is 2. The number of rotatable bonds is 8. The van der Waals surface area contributed by atoms with Crippen LogP contribution in [0.3, 0.4) is 0 Å². The predicted molar refractivity (Wildman–Crippen MR) is 94.3 cm³/mol. The van der Waals surface area contributed by atoms with Crippen molar-refractivity contribution in [3.05, 3.63) is 48.9 Å². The number of benzene rings is 1. The highest BCUT2D eigenvalue weighted by molar-refractivity contribution is 5.91. The molecule has 0 N–H and O–H groups in total. The molecular weight excluding hydrogens is 300 g/mol. The van der Waals surface area contributed by atoms with E-state index in [1.807, 2.05) is 25.1 Å². The molecule has 0 amide bonds. The molecule has 3 heteroatoms. The Labute approximate surface area is 145 Å². The Bertz CT molecular complexity index is 527. The molecule has 2 bridgehead atoms. The van der Waals surface area contributed by atoms with Gasteiger partial charge in [0.1, 0.15) is 0 Å². The second kappa shape index (κ2) is 8.26. The molecule has 24 heavy (non-hydrogen) atoms. The lowest BCUT2D eigenvalue weighted by Crippen LogP contribution is -2.49. The molecule has 1 aromatic carbocycles. The topological polar surface area (TPSA) is 35.5 Å². The third kappa shape index (κ3) is 3.89. The van der Waals surface area contributed by atoms with Crippen molar-refractivity contribution in [2.45, 2.75) is 63.6 Å². The van der Waals surface area contributed by atoms with Crippen LogP contribution in [0, 0.1) is 18.9 Å². The van der Waals surface area contributed by atoms with Crippen LogP contribution in [0.1, 0.15) is 56.9 Å². The fourth-order valence-electron chi connectivity index (χ4n) is 4.10. The molecule has 4 unspecified atom stereocenters. The van der Waals surface area contributed by atoms with Crippen molar-refractivity contribution in [2.24, 2.45) is 5.92 Å². The largest absolute Gasteiger partial charge is 0.376 e. The second-order valence-electron chi connectivity index (χ2n) is 6.90. The number of fused-ring (bicyclic) bond motifs is 3. The van der Waals surface area contributed by atoms with Gasteiger partial charge in [0, 0.05) is 18.9 Å². The third-order valence-electron chi connectivity index (χ3n) is 5.29. The molecule has 3 nitrogen and oxygen atoms in total. The summed E-state index contributed by atoms with van der Waals surface area (Å²) in [5.41, 5.74) is 1.23. The van der Waals surface area contributed by atoms with E-state index in [1.165, 1.54) is 5.56 Å². The first kappa shape index (κ1) is 17.6. The lowest BCUT2D eigenvalue weighted by molar-refractivity contribution is -0.163. The van der Waals surface area contributed by atoms with Crippen LogP contribution >= 0.6 is 0 Å². The molecule has 1 aliphatic carbocycles. The van der Waals surface area contributed by atoms with Crippen molar-refractivity contribution >= 4 is 5.78 Å². The summed E-state index contributed by atoms with van der Waals surface area (Å²) in [6.07, 6.45) is 6.23. The van der Waals surface area contributed by atoms with Crippen molar-refractivity contribution < 1.29 is 14.3 Å². The van der Waals surface area contributed by atoms with Gasteiger partial charge in [0.25, 0.3) is 0 Å². The molecule has 2 aliphatic heterocycles. The van der Waals surface area contributed by atoms with E-state index < -0.39 is 0 Å². The Morgan fingerprint density at radius 1 is 1.33 bits per heavy atom. The first-order valence-electron chi connectivity index (χ1n) is 9.25. The summed E-state index contributed by atoms with van der Waals surface area (Å²) < 4.78 is 11.8. The fraction of sp³-hybridized carbons (Fsp3) is 0.571. The van der Waals surface area contributed by atoms with Crippen molar-refractivity contribution in [3.8, 4) is 0 Å². The minimum atomic E-state index is 0.0666. The molecule has 2 heterocycles. The molecule has 0 spiro atoms. The normalized spacial score (nSPS) is 28.0. The molecule has 4 rings (SSSR count). The van der Waals surface area contributed by atoms with Crippen molar-refractivity contribution in [2.75, 3.05) is 6.61 Å². The zero-order valence-electron chi connectivity index (χ0n) is 14.6. The molecule has 2 saturated heterocycles. The fourth-order valence-corrected chi connectivity index (χ4v) is 4.10. The van der Waals surface area contributed by atoms with Crippen molar-refractivity contribution in [1.29, 1.82) is 0 Å². The van der Waals surface area contributed by atoms with Gasteiger partial charge in [0.15, 0.2) is 11.9 Å². The minimum absolute atomic E-state index is 0.0666. The quantitative estimate of drug-likeness (QED) is 0.706.